The van der Waals surface area contributed by atoms with Crippen LogP contribution in [-0.2, 0) is 4.74 Å². The van der Waals surface area contributed by atoms with Crippen LogP contribution in [0.25, 0.3) is 0 Å². The number of nitrogens with two attached hydrogens (primary N) is 1. The van der Waals surface area contributed by atoms with Crippen LogP contribution >= 0.6 is 15.9 Å². The molecule has 0 saturated carbocycles. The van der Waals surface area contributed by atoms with Crippen LogP contribution in [0.15, 0.2) is 21.2 Å². The maximum absolute atomic E-state index is 11.7. The number of halogens is 1. The summed E-state index contributed by atoms with van der Waals surface area (Å²) in [6.45, 7) is 0.611. The average Bonchev–Trinajstić information content (AvgIpc) is 2.63. The van der Waals surface area contributed by atoms with Crippen LogP contribution in [0.4, 0.5) is 0 Å². The van der Waals surface area contributed by atoms with E-state index >= 15 is 0 Å². The molecule has 84 valence electrons. The fraction of sp³-hybridized carbons (Fsp3) is 0.500. The predicted molar refractivity (Wildman–Crippen MR) is 59.8 cm³/mol. The number of methoxy groups -OCH3 is 1. The number of carbonyl (C=O) groups is 1. The van der Waals surface area contributed by atoms with E-state index in [1.807, 2.05) is 0 Å². The molecule has 0 spiro atoms. The van der Waals surface area contributed by atoms with Crippen molar-refractivity contribution < 1.29 is 13.9 Å². The minimum absolute atomic E-state index is 0.178. The molecule has 0 radical (unpaired) electrons. The highest BCUT2D eigenvalue weighted by atomic mass is 79.9. The maximum Gasteiger partial charge on any atom is 0.215 e. The second-order valence-corrected chi connectivity index (χ2v) is 4.06. The zero-order valence-electron chi connectivity index (χ0n) is 8.53. The third-order valence-corrected chi connectivity index (χ3v) is 2.67. The quantitative estimate of drug-likeness (QED) is 0.637. The SMILES string of the molecule is COCCCC(N)C(=O)c1occc1Br. The summed E-state index contributed by atoms with van der Waals surface area (Å²) in [4.78, 5) is 11.7. The first-order valence-corrected chi connectivity index (χ1v) is 5.48. The van der Waals surface area contributed by atoms with Crippen LogP contribution in [0.2, 0.25) is 0 Å². The predicted octanol–water partition coefficient (Wildman–Crippen LogP) is 1.98. The van der Waals surface area contributed by atoms with Gasteiger partial charge in [0.15, 0.2) is 5.76 Å². The lowest BCUT2D eigenvalue weighted by Crippen LogP contribution is -2.30. The van der Waals surface area contributed by atoms with E-state index in [2.05, 4.69) is 15.9 Å². The van der Waals surface area contributed by atoms with Crippen molar-refractivity contribution in [2.75, 3.05) is 13.7 Å². The molecule has 0 amide bonds. The van der Waals surface area contributed by atoms with Gasteiger partial charge in [-0.3, -0.25) is 4.79 Å². The fourth-order valence-electron chi connectivity index (χ4n) is 1.22. The van der Waals surface area contributed by atoms with Crippen molar-refractivity contribution >= 4 is 21.7 Å². The molecule has 0 aliphatic rings. The molecule has 0 aliphatic heterocycles. The lowest BCUT2D eigenvalue weighted by Gasteiger charge is -2.08. The highest BCUT2D eigenvalue weighted by molar-refractivity contribution is 9.10. The highest BCUT2D eigenvalue weighted by Gasteiger charge is 2.20. The summed E-state index contributed by atoms with van der Waals surface area (Å²) in [6.07, 6.45) is 2.82. The van der Waals surface area contributed by atoms with Gasteiger partial charge in [0.2, 0.25) is 5.78 Å². The smallest absolute Gasteiger partial charge is 0.215 e. The number of hydrogen-bond acceptors (Lipinski definition) is 4. The lowest BCUT2D eigenvalue weighted by molar-refractivity contribution is 0.0922. The van der Waals surface area contributed by atoms with Gasteiger partial charge in [0.05, 0.1) is 16.8 Å². The number of carbonyl (C=O) groups excluding carboxylic acids is 1. The highest BCUT2D eigenvalue weighted by Crippen LogP contribution is 2.19. The topological polar surface area (TPSA) is 65.5 Å². The van der Waals surface area contributed by atoms with Crippen LogP contribution in [0, 0.1) is 0 Å². The van der Waals surface area contributed by atoms with Gasteiger partial charge >= 0.3 is 0 Å². The minimum atomic E-state index is -0.525. The molecular formula is C10H14BrNO3. The number of Topliss-reactive ketones (excluding diaryl/α,β-unsaturated/α-hetero) is 1. The zero-order chi connectivity index (χ0) is 11.3. The first-order valence-electron chi connectivity index (χ1n) is 4.68. The van der Waals surface area contributed by atoms with Crippen LogP contribution in [-0.4, -0.2) is 25.5 Å². The molecule has 1 aromatic heterocycles. The van der Waals surface area contributed by atoms with Gasteiger partial charge in [0.1, 0.15) is 0 Å². The van der Waals surface area contributed by atoms with Gasteiger partial charge in [0, 0.05) is 13.7 Å². The van der Waals surface area contributed by atoms with Crippen molar-refractivity contribution in [2.45, 2.75) is 18.9 Å². The van der Waals surface area contributed by atoms with Gasteiger partial charge in [-0.1, -0.05) is 0 Å². The Labute approximate surface area is 96.9 Å². The number of ketones is 1. The van der Waals surface area contributed by atoms with Crippen LogP contribution in [0.5, 0.6) is 0 Å². The summed E-state index contributed by atoms with van der Waals surface area (Å²) in [6, 6.07) is 1.15. The van der Waals surface area contributed by atoms with E-state index in [1.54, 1.807) is 13.2 Å². The molecule has 4 nitrogen and oxygen atoms in total. The molecule has 1 rings (SSSR count). The van der Waals surface area contributed by atoms with Gasteiger partial charge in [-0.15, -0.1) is 0 Å². The maximum atomic E-state index is 11.7. The Morgan fingerprint density at radius 2 is 2.47 bits per heavy atom. The Bertz CT molecular complexity index is 324. The van der Waals surface area contributed by atoms with Crippen molar-refractivity contribution in [3.63, 3.8) is 0 Å². The Kier molecular flexibility index (Phi) is 5.01. The fourth-order valence-corrected chi connectivity index (χ4v) is 1.61. The molecule has 0 aliphatic carbocycles. The van der Waals surface area contributed by atoms with Gasteiger partial charge in [0.25, 0.3) is 0 Å². The number of hydrogen-bond donors (Lipinski definition) is 1. The Morgan fingerprint density at radius 3 is 3.00 bits per heavy atom. The summed E-state index contributed by atoms with van der Waals surface area (Å²) in [5, 5.41) is 0. The third-order valence-electron chi connectivity index (χ3n) is 2.04. The number of furan rings is 1. The second-order valence-electron chi connectivity index (χ2n) is 3.20. The molecule has 1 atom stereocenters. The van der Waals surface area contributed by atoms with Gasteiger partial charge in [-0.05, 0) is 34.8 Å². The molecular weight excluding hydrogens is 262 g/mol. The normalized spacial score (nSPS) is 12.7. The second kappa shape index (κ2) is 6.05. The van der Waals surface area contributed by atoms with E-state index in [1.165, 1.54) is 6.26 Å². The monoisotopic (exact) mass is 275 g/mol. The van der Waals surface area contributed by atoms with E-state index in [4.69, 9.17) is 14.9 Å². The standard InChI is InChI=1S/C10H14BrNO3/c1-14-5-2-3-8(12)9(13)10-7(11)4-6-15-10/h4,6,8H,2-3,5,12H2,1H3. The Balaban J connectivity index is 2.50. The van der Waals surface area contributed by atoms with E-state index in [-0.39, 0.29) is 5.78 Å². The van der Waals surface area contributed by atoms with Gasteiger partial charge in [-0.2, -0.15) is 0 Å². The minimum Gasteiger partial charge on any atom is -0.460 e. The molecule has 1 unspecified atom stereocenters. The molecule has 0 aromatic carbocycles. The van der Waals surface area contributed by atoms with Gasteiger partial charge < -0.3 is 14.9 Å². The molecule has 2 N–H and O–H groups in total. The summed E-state index contributed by atoms with van der Waals surface area (Å²) in [5.74, 6) is 0.114. The third kappa shape index (κ3) is 3.44. The molecule has 1 aromatic rings. The van der Waals surface area contributed by atoms with Crippen molar-refractivity contribution in [1.82, 2.24) is 0 Å². The summed E-state index contributed by atoms with van der Waals surface area (Å²) < 4.78 is 10.6. The molecule has 15 heavy (non-hydrogen) atoms. The van der Waals surface area contributed by atoms with Crippen molar-refractivity contribution in [3.8, 4) is 0 Å². The number of rotatable bonds is 6. The zero-order valence-corrected chi connectivity index (χ0v) is 10.1. The summed E-state index contributed by atoms with van der Waals surface area (Å²) in [5.41, 5.74) is 5.73. The van der Waals surface area contributed by atoms with E-state index in [0.717, 1.165) is 6.42 Å². The number of ether oxygens (including phenoxy) is 1. The van der Waals surface area contributed by atoms with Crippen LogP contribution in [0.1, 0.15) is 23.4 Å². The van der Waals surface area contributed by atoms with Crippen molar-refractivity contribution in [2.24, 2.45) is 5.73 Å². The van der Waals surface area contributed by atoms with Crippen molar-refractivity contribution in [3.05, 3.63) is 22.6 Å². The van der Waals surface area contributed by atoms with E-state index in [0.29, 0.717) is 23.3 Å². The summed E-state index contributed by atoms with van der Waals surface area (Å²) >= 11 is 3.22. The van der Waals surface area contributed by atoms with Crippen molar-refractivity contribution in [1.29, 1.82) is 0 Å². The molecule has 0 bridgehead atoms. The van der Waals surface area contributed by atoms with E-state index in [9.17, 15) is 4.79 Å². The summed E-state index contributed by atoms with van der Waals surface area (Å²) in [7, 11) is 1.62. The van der Waals surface area contributed by atoms with Gasteiger partial charge in [-0.25, -0.2) is 0 Å². The Hall–Kier alpha value is -0.650. The molecule has 5 heteroatoms. The average molecular weight is 276 g/mol. The first-order chi connectivity index (χ1) is 7.16. The molecule has 1 heterocycles. The Morgan fingerprint density at radius 1 is 1.73 bits per heavy atom. The lowest BCUT2D eigenvalue weighted by atomic mass is 10.1. The first kappa shape index (κ1) is 12.4. The molecule has 0 saturated heterocycles. The molecule has 0 fully saturated rings. The largest absolute Gasteiger partial charge is 0.460 e. The van der Waals surface area contributed by atoms with Crippen LogP contribution < -0.4 is 5.73 Å². The van der Waals surface area contributed by atoms with E-state index < -0.39 is 6.04 Å². The van der Waals surface area contributed by atoms with Crippen LogP contribution in [0.3, 0.4) is 0 Å².